The molecule has 10 heavy (non-hydrogen) atoms. The van der Waals surface area contributed by atoms with Gasteiger partial charge in [-0.2, -0.15) is 0 Å². The van der Waals surface area contributed by atoms with E-state index in [1.165, 1.54) is 0 Å². The van der Waals surface area contributed by atoms with Gasteiger partial charge in [-0.25, -0.2) is 0 Å². The van der Waals surface area contributed by atoms with E-state index in [0.717, 1.165) is 6.08 Å². The highest BCUT2D eigenvalue weighted by atomic mass is 16.6. The lowest BCUT2D eigenvalue weighted by Gasteiger charge is -2.09. The minimum absolute atomic E-state index is 0.0648. The first-order chi connectivity index (χ1) is 4.66. The third-order valence-electron chi connectivity index (χ3n) is 0.770. The summed E-state index contributed by atoms with van der Waals surface area (Å²) in [5.41, 5.74) is 4.53. The SMILES string of the molecule is C=CC(N)=O.O=C1CCO1. The third-order valence-corrected chi connectivity index (χ3v) is 0.770. The van der Waals surface area contributed by atoms with Gasteiger partial charge in [0.05, 0.1) is 6.42 Å². The monoisotopic (exact) mass is 143 g/mol. The van der Waals surface area contributed by atoms with Crippen molar-refractivity contribution in [2.75, 3.05) is 6.61 Å². The van der Waals surface area contributed by atoms with Crippen molar-refractivity contribution in [1.82, 2.24) is 0 Å². The molecule has 1 fully saturated rings. The maximum atomic E-state index is 9.68. The lowest BCUT2D eigenvalue weighted by molar-refractivity contribution is -0.157. The molecule has 4 heteroatoms. The van der Waals surface area contributed by atoms with Crippen LogP contribution in [0.3, 0.4) is 0 Å². The Balaban J connectivity index is 0.000000162. The highest BCUT2D eigenvalue weighted by Gasteiger charge is 2.10. The Hall–Kier alpha value is -1.32. The molecule has 2 N–H and O–H groups in total. The van der Waals surface area contributed by atoms with Gasteiger partial charge in [0.15, 0.2) is 0 Å². The second kappa shape index (κ2) is 4.55. The van der Waals surface area contributed by atoms with Crippen LogP contribution in [0.1, 0.15) is 6.42 Å². The Labute approximate surface area is 58.7 Å². The number of primary amides is 1. The van der Waals surface area contributed by atoms with Crippen LogP contribution in [0.15, 0.2) is 12.7 Å². The predicted octanol–water partition coefficient (Wildman–Crippen LogP) is -0.409. The van der Waals surface area contributed by atoms with Crippen LogP contribution in [0.5, 0.6) is 0 Å². The lowest BCUT2D eigenvalue weighted by atomic mass is 10.4. The molecule has 1 aliphatic heterocycles. The van der Waals surface area contributed by atoms with Crippen LogP contribution in [0.25, 0.3) is 0 Å². The number of hydrogen-bond acceptors (Lipinski definition) is 3. The minimum Gasteiger partial charge on any atom is -0.465 e. The molecule has 0 aliphatic carbocycles. The van der Waals surface area contributed by atoms with E-state index in [-0.39, 0.29) is 5.97 Å². The minimum atomic E-state index is -0.481. The summed E-state index contributed by atoms with van der Waals surface area (Å²) >= 11 is 0. The van der Waals surface area contributed by atoms with E-state index in [1.807, 2.05) is 0 Å². The van der Waals surface area contributed by atoms with Crippen molar-refractivity contribution in [2.24, 2.45) is 5.73 Å². The Morgan fingerprint density at radius 2 is 2.10 bits per heavy atom. The molecule has 0 atom stereocenters. The van der Waals surface area contributed by atoms with Crippen molar-refractivity contribution in [3.8, 4) is 0 Å². The number of nitrogens with two attached hydrogens (primary N) is 1. The van der Waals surface area contributed by atoms with Gasteiger partial charge in [-0.05, 0) is 6.08 Å². The zero-order valence-corrected chi connectivity index (χ0v) is 5.50. The maximum Gasteiger partial charge on any atom is 0.309 e. The van der Waals surface area contributed by atoms with Crippen LogP contribution in [-0.4, -0.2) is 18.5 Å². The van der Waals surface area contributed by atoms with E-state index in [0.29, 0.717) is 13.0 Å². The molecular weight excluding hydrogens is 134 g/mol. The molecule has 1 amide bonds. The zero-order valence-electron chi connectivity index (χ0n) is 5.50. The number of ether oxygens (including phenoxy) is 1. The van der Waals surface area contributed by atoms with E-state index < -0.39 is 5.91 Å². The van der Waals surface area contributed by atoms with Crippen LogP contribution in [0.4, 0.5) is 0 Å². The lowest BCUT2D eigenvalue weighted by Crippen LogP contribution is -2.18. The highest BCUT2D eigenvalue weighted by molar-refractivity contribution is 5.84. The van der Waals surface area contributed by atoms with E-state index in [9.17, 15) is 9.59 Å². The number of amides is 1. The van der Waals surface area contributed by atoms with Gasteiger partial charge in [0.1, 0.15) is 6.61 Å². The fourth-order valence-corrected chi connectivity index (χ4v) is 0.185. The summed E-state index contributed by atoms with van der Waals surface area (Å²) in [5.74, 6) is -0.546. The highest BCUT2D eigenvalue weighted by Crippen LogP contribution is 1.97. The summed E-state index contributed by atoms with van der Waals surface area (Å²) in [4.78, 5) is 19.1. The molecule has 0 aromatic carbocycles. The fraction of sp³-hybridized carbons (Fsp3) is 0.333. The van der Waals surface area contributed by atoms with Crippen LogP contribution in [0.2, 0.25) is 0 Å². The van der Waals surface area contributed by atoms with Gasteiger partial charge in [-0.1, -0.05) is 6.58 Å². The van der Waals surface area contributed by atoms with Crippen LogP contribution >= 0.6 is 0 Å². The van der Waals surface area contributed by atoms with E-state index >= 15 is 0 Å². The zero-order chi connectivity index (χ0) is 7.98. The van der Waals surface area contributed by atoms with Gasteiger partial charge < -0.3 is 10.5 Å². The summed E-state index contributed by atoms with van der Waals surface area (Å²) in [7, 11) is 0. The summed E-state index contributed by atoms with van der Waals surface area (Å²) in [6.45, 7) is 3.72. The first kappa shape index (κ1) is 8.68. The second-order valence-corrected chi connectivity index (χ2v) is 1.58. The van der Waals surface area contributed by atoms with Gasteiger partial charge in [-0.3, -0.25) is 9.59 Å². The molecule has 1 heterocycles. The third kappa shape index (κ3) is 4.83. The Kier molecular flexibility index (Phi) is 3.95. The molecule has 0 aromatic heterocycles. The molecule has 0 bridgehead atoms. The van der Waals surface area contributed by atoms with Gasteiger partial charge in [-0.15, -0.1) is 0 Å². The number of carbonyl (C=O) groups excluding carboxylic acids is 2. The summed E-state index contributed by atoms with van der Waals surface area (Å²) in [5, 5.41) is 0. The molecule has 1 rings (SSSR count). The summed E-state index contributed by atoms with van der Waals surface area (Å²) in [6, 6.07) is 0. The second-order valence-electron chi connectivity index (χ2n) is 1.58. The standard InChI is InChI=1S/C3H5NO.C3H4O2/c1-2-3(4)5;4-3-1-2-5-3/h2H,1H2,(H2,4,5);1-2H2. The van der Waals surface area contributed by atoms with Crippen molar-refractivity contribution in [3.63, 3.8) is 0 Å². The first-order valence-corrected chi connectivity index (χ1v) is 2.74. The van der Waals surface area contributed by atoms with Crippen molar-refractivity contribution >= 4 is 11.9 Å². The summed E-state index contributed by atoms with van der Waals surface area (Å²) < 4.78 is 4.29. The molecular formula is C6H9NO3. The quantitative estimate of drug-likeness (QED) is 0.400. The Morgan fingerprint density at radius 1 is 1.80 bits per heavy atom. The molecule has 0 spiro atoms. The molecule has 1 aliphatic rings. The maximum absolute atomic E-state index is 9.68. The number of carbonyl (C=O) groups is 2. The van der Waals surface area contributed by atoms with Crippen molar-refractivity contribution < 1.29 is 14.3 Å². The summed E-state index contributed by atoms with van der Waals surface area (Å²) in [6.07, 6.45) is 1.68. The van der Waals surface area contributed by atoms with E-state index in [2.05, 4.69) is 17.0 Å². The molecule has 1 saturated heterocycles. The molecule has 0 aromatic rings. The largest absolute Gasteiger partial charge is 0.465 e. The number of rotatable bonds is 1. The van der Waals surface area contributed by atoms with Crippen LogP contribution in [0, 0.1) is 0 Å². The van der Waals surface area contributed by atoms with Gasteiger partial charge >= 0.3 is 5.97 Å². The smallest absolute Gasteiger partial charge is 0.309 e. The van der Waals surface area contributed by atoms with Crippen molar-refractivity contribution in [2.45, 2.75) is 6.42 Å². The topological polar surface area (TPSA) is 69.4 Å². The Bertz CT molecular complexity index is 147. The fourth-order valence-electron chi connectivity index (χ4n) is 0.185. The van der Waals surface area contributed by atoms with E-state index in [4.69, 9.17) is 0 Å². The number of hydrogen-bond donors (Lipinski definition) is 1. The molecule has 0 unspecified atom stereocenters. The first-order valence-electron chi connectivity index (χ1n) is 2.74. The average molecular weight is 143 g/mol. The van der Waals surface area contributed by atoms with Gasteiger partial charge in [0.2, 0.25) is 5.91 Å². The molecule has 56 valence electrons. The van der Waals surface area contributed by atoms with Gasteiger partial charge in [0.25, 0.3) is 0 Å². The predicted molar refractivity (Wildman–Crippen MR) is 35.0 cm³/mol. The molecule has 0 radical (unpaired) electrons. The average Bonchev–Trinajstić information content (AvgIpc) is 1.85. The molecule has 0 saturated carbocycles. The van der Waals surface area contributed by atoms with Gasteiger partial charge in [0, 0.05) is 0 Å². The number of esters is 1. The van der Waals surface area contributed by atoms with Crippen LogP contribution in [-0.2, 0) is 14.3 Å². The molecule has 4 nitrogen and oxygen atoms in total. The van der Waals surface area contributed by atoms with Crippen molar-refractivity contribution in [1.29, 1.82) is 0 Å². The van der Waals surface area contributed by atoms with Crippen LogP contribution < -0.4 is 5.73 Å². The van der Waals surface area contributed by atoms with Crippen molar-refractivity contribution in [3.05, 3.63) is 12.7 Å². The van der Waals surface area contributed by atoms with E-state index in [1.54, 1.807) is 0 Å². The number of cyclic esters (lactones) is 1. The normalized spacial score (nSPS) is 13.4. The Morgan fingerprint density at radius 3 is 2.10 bits per heavy atom.